The van der Waals surface area contributed by atoms with Crippen LogP contribution < -0.4 is 5.73 Å². The molecule has 0 spiro atoms. The lowest BCUT2D eigenvalue weighted by atomic mass is 10.3. The molecule has 3 heteroatoms. The van der Waals surface area contributed by atoms with Gasteiger partial charge in [-0.15, -0.1) is 6.42 Å². The maximum atomic E-state index is 5.78. The molecule has 0 aliphatic carbocycles. The Morgan fingerprint density at radius 3 is 3.00 bits per heavy atom. The van der Waals surface area contributed by atoms with Crippen molar-refractivity contribution in [3.8, 4) is 12.3 Å². The van der Waals surface area contributed by atoms with Gasteiger partial charge in [0.15, 0.2) is 0 Å². The van der Waals surface area contributed by atoms with Gasteiger partial charge in [0.25, 0.3) is 0 Å². The van der Waals surface area contributed by atoms with Crippen LogP contribution in [0.25, 0.3) is 0 Å². The van der Waals surface area contributed by atoms with Crippen LogP contribution in [0.5, 0.6) is 0 Å². The second-order valence-electron chi connectivity index (χ2n) is 3.05. The minimum Gasteiger partial charge on any atom is -0.397 e. The third-order valence-corrected chi connectivity index (χ3v) is 2.06. The van der Waals surface area contributed by atoms with Crippen LogP contribution in [-0.4, -0.2) is 23.0 Å². The smallest absolute Gasteiger partial charge is 0.0773 e. The average Bonchev–Trinajstić information content (AvgIpc) is 2.20. The first-order valence-corrected chi connectivity index (χ1v) is 4.63. The second-order valence-corrected chi connectivity index (χ2v) is 3.05. The van der Waals surface area contributed by atoms with E-state index in [2.05, 4.69) is 22.7 Å². The predicted molar refractivity (Wildman–Crippen MR) is 58.4 cm³/mol. The zero-order chi connectivity index (χ0) is 10.4. The normalized spacial score (nSPS) is 10.1. The Bertz CT molecular complexity index is 328. The van der Waals surface area contributed by atoms with Gasteiger partial charge in [-0.25, -0.2) is 0 Å². The molecule has 0 aliphatic heterocycles. The number of hydrogen-bond acceptors (Lipinski definition) is 3. The molecule has 2 N–H and O–H groups in total. The molecule has 3 nitrogen and oxygen atoms in total. The molecule has 0 aliphatic rings. The first-order valence-electron chi connectivity index (χ1n) is 4.63. The van der Waals surface area contributed by atoms with E-state index in [4.69, 9.17) is 12.2 Å². The molecule has 74 valence electrons. The van der Waals surface area contributed by atoms with Crippen molar-refractivity contribution in [3.63, 3.8) is 0 Å². The summed E-state index contributed by atoms with van der Waals surface area (Å²) in [4.78, 5) is 6.32. The van der Waals surface area contributed by atoms with Gasteiger partial charge in [-0.05, 0) is 18.7 Å². The van der Waals surface area contributed by atoms with Crippen LogP contribution in [0.2, 0.25) is 0 Å². The second kappa shape index (κ2) is 5.25. The Morgan fingerprint density at radius 1 is 1.64 bits per heavy atom. The van der Waals surface area contributed by atoms with Gasteiger partial charge in [0.2, 0.25) is 0 Å². The van der Waals surface area contributed by atoms with Crippen LogP contribution in [0.1, 0.15) is 12.6 Å². The van der Waals surface area contributed by atoms with Gasteiger partial charge in [0.1, 0.15) is 0 Å². The van der Waals surface area contributed by atoms with Gasteiger partial charge in [0, 0.05) is 12.7 Å². The lowest BCUT2D eigenvalue weighted by molar-refractivity contribution is 0.313. The molecule has 1 rings (SSSR count). The summed E-state index contributed by atoms with van der Waals surface area (Å²) in [5, 5.41) is 0. The van der Waals surface area contributed by atoms with Gasteiger partial charge in [-0.1, -0.05) is 12.8 Å². The Kier molecular flexibility index (Phi) is 3.96. The SMILES string of the molecule is C#CCN(CC)Cc1ncccc1N. The zero-order valence-electron chi connectivity index (χ0n) is 8.40. The fourth-order valence-corrected chi connectivity index (χ4v) is 1.20. The van der Waals surface area contributed by atoms with E-state index in [0.717, 1.165) is 17.9 Å². The van der Waals surface area contributed by atoms with E-state index < -0.39 is 0 Å². The highest BCUT2D eigenvalue weighted by atomic mass is 15.1. The summed E-state index contributed by atoms with van der Waals surface area (Å²) < 4.78 is 0. The summed E-state index contributed by atoms with van der Waals surface area (Å²) >= 11 is 0. The van der Waals surface area contributed by atoms with Crippen LogP contribution in [0.3, 0.4) is 0 Å². The molecule has 1 heterocycles. The summed E-state index contributed by atoms with van der Waals surface area (Å²) in [5.41, 5.74) is 7.40. The number of hydrogen-bond donors (Lipinski definition) is 1. The fraction of sp³-hybridized carbons (Fsp3) is 0.364. The first-order chi connectivity index (χ1) is 6.77. The van der Waals surface area contributed by atoms with Crippen LogP contribution in [0.15, 0.2) is 18.3 Å². The maximum absolute atomic E-state index is 5.78. The van der Waals surface area contributed by atoms with Crippen LogP contribution in [-0.2, 0) is 6.54 Å². The monoisotopic (exact) mass is 189 g/mol. The molecule has 0 bridgehead atoms. The molecule has 0 radical (unpaired) electrons. The van der Waals surface area contributed by atoms with E-state index in [0.29, 0.717) is 13.1 Å². The van der Waals surface area contributed by atoms with Crippen molar-refractivity contribution in [2.24, 2.45) is 0 Å². The quantitative estimate of drug-likeness (QED) is 0.722. The Hall–Kier alpha value is -1.53. The van der Waals surface area contributed by atoms with E-state index in [1.54, 1.807) is 6.20 Å². The highest BCUT2D eigenvalue weighted by Crippen LogP contribution is 2.09. The fourth-order valence-electron chi connectivity index (χ4n) is 1.20. The van der Waals surface area contributed by atoms with Crippen molar-refractivity contribution in [2.45, 2.75) is 13.5 Å². The molecule has 0 fully saturated rings. The van der Waals surface area contributed by atoms with E-state index in [1.165, 1.54) is 0 Å². The number of aromatic nitrogens is 1. The topological polar surface area (TPSA) is 42.2 Å². The molecule has 0 unspecified atom stereocenters. The molecular formula is C11H15N3. The summed E-state index contributed by atoms with van der Waals surface area (Å²) in [6, 6.07) is 3.68. The maximum Gasteiger partial charge on any atom is 0.0773 e. The van der Waals surface area contributed by atoms with Crippen molar-refractivity contribution in [1.29, 1.82) is 0 Å². The van der Waals surface area contributed by atoms with Gasteiger partial charge in [0.05, 0.1) is 17.9 Å². The van der Waals surface area contributed by atoms with E-state index in [9.17, 15) is 0 Å². The molecule has 0 atom stereocenters. The number of terminal acetylenes is 1. The van der Waals surface area contributed by atoms with Crippen molar-refractivity contribution in [2.75, 3.05) is 18.8 Å². The van der Waals surface area contributed by atoms with Gasteiger partial charge in [-0.3, -0.25) is 9.88 Å². The Balaban J connectivity index is 2.68. The number of rotatable bonds is 4. The van der Waals surface area contributed by atoms with Crippen molar-refractivity contribution in [3.05, 3.63) is 24.0 Å². The molecular weight excluding hydrogens is 174 g/mol. The van der Waals surface area contributed by atoms with E-state index in [-0.39, 0.29) is 0 Å². The van der Waals surface area contributed by atoms with Crippen molar-refractivity contribution in [1.82, 2.24) is 9.88 Å². The number of nitrogens with zero attached hydrogens (tertiary/aromatic N) is 2. The van der Waals surface area contributed by atoms with Gasteiger partial charge >= 0.3 is 0 Å². The Morgan fingerprint density at radius 2 is 2.43 bits per heavy atom. The van der Waals surface area contributed by atoms with Crippen molar-refractivity contribution >= 4 is 5.69 Å². The first kappa shape index (κ1) is 10.6. The number of nitrogen functional groups attached to an aromatic ring is 1. The number of nitrogens with two attached hydrogens (primary N) is 1. The highest BCUT2D eigenvalue weighted by Gasteiger charge is 2.05. The van der Waals surface area contributed by atoms with E-state index >= 15 is 0 Å². The zero-order valence-corrected chi connectivity index (χ0v) is 8.40. The predicted octanol–water partition coefficient (Wildman–Crippen LogP) is 1.12. The van der Waals surface area contributed by atoms with Crippen LogP contribution >= 0.6 is 0 Å². The summed E-state index contributed by atoms with van der Waals surface area (Å²) in [5.74, 6) is 2.62. The third-order valence-electron chi connectivity index (χ3n) is 2.06. The van der Waals surface area contributed by atoms with Crippen LogP contribution in [0.4, 0.5) is 5.69 Å². The molecule has 0 saturated carbocycles. The standard InChI is InChI=1S/C11H15N3/c1-3-8-14(4-2)9-11-10(12)6-5-7-13-11/h1,5-7H,4,8-9,12H2,2H3. The largest absolute Gasteiger partial charge is 0.397 e. The summed E-state index contributed by atoms with van der Waals surface area (Å²) in [6.07, 6.45) is 7.00. The highest BCUT2D eigenvalue weighted by molar-refractivity contribution is 5.41. The van der Waals surface area contributed by atoms with Gasteiger partial charge < -0.3 is 5.73 Å². The minimum atomic E-state index is 0.631. The summed E-state index contributed by atoms with van der Waals surface area (Å²) in [7, 11) is 0. The van der Waals surface area contributed by atoms with Crippen LogP contribution in [0, 0.1) is 12.3 Å². The molecule has 1 aromatic heterocycles. The molecule has 0 amide bonds. The number of pyridine rings is 1. The Labute approximate surface area is 84.9 Å². The van der Waals surface area contributed by atoms with Crippen molar-refractivity contribution < 1.29 is 0 Å². The summed E-state index contributed by atoms with van der Waals surface area (Å²) in [6.45, 7) is 4.32. The lowest BCUT2D eigenvalue weighted by Crippen LogP contribution is -2.24. The van der Waals surface area contributed by atoms with E-state index in [1.807, 2.05) is 12.1 Å². The molecule has 0 aromatic carbocycles. The minimum absolute atomic E-state index is 0.631. The molecule has 0 saturated heterocycles. The van der Waals surface area contributed by atoms with Gasteiger partial charge in [-0.2, -0.15) is 0 Å². The third kappa shape index (κ3) is 2.75. The number of anilines is 1. The molecule has 14 heavy (non-hydrogen) atoms. The lowest BCUT2D eigenvalue weighted by Gasteiger charge is -2.17. The average molecular weight is 189 g/mol. The molecule has 1 aromatic rings.